The average molecular weight is 364 g/mol. The normalized spacial score (nSPS) is 13.1. The number of nitro groups is 1. The zero-order valence-corrected chi connectivity index (χ0v) is 15.3. The van der Waals surface area contributed by atoms with E-state index in [0.29, 0.717) is 18.2 Å². The first-order chi connectivity index (χ1) is 11.5. The van der Waals surface area contributed by atoms with Crippen molar-refractivity contribution in [1.29, 1.82) is 0 Å². The highest BCUT2D eigenvalue weighted by molar-refractivity contribution is 5.35. The number of rotatable bonds is 8. The molecule has 0 spiro atoms. The van der Waals surface area contributed by atoms with E-state index in [2.05, 4.69) is 24.0 Å². The summed E-state index contributed by atoms with van der Waals surface area (Å²) in [5, 5.41) is 21.2. The van der Waals surface area contributed by atoms with Crippen LogP contribution in [0.2, 0.25) is 0 Å². The molecule has 1 N–H and O–H groups in total. The van der Waals surface area contributed by atoms with Crippen LogP contribution in [-0.4, -0.2) is 34.6 Å². The summed E-state index contributed by atoms with van der Waals surface area (Å²) in [5.41, 5.74) is 1.88. The van der Waals surface area contributed by atoms with Crippen molar-refractivity contribution in [2.45, 2.75) is 31.9 Å². The van der Waals surface area contributed by atoms with Gasteiger partial charge in [-0.3, -0.25) is 10.1 Å². The highest BCUT2D eigenvalue weighted by Crippen LogP contribution is 2.21. The molecule has 0 bridgehead atoms. The van der Waals surface area contributed by atoms with Crippen molar-refractivity contribution in [3.63, 3.8) is 0 Å². The van der Waals surface area contributed by atoms with Gasteiger partial charge in [0.2, 0.25) is 0 Å². The third-order valence-electron chi connectivity index (χ3n) is 4.37. The first kappa shape index (κ1) is 21.1. The molecule has 0 aromatic heterocycles. The lowest BCUT2D eigenvalue weighted by molar-refractivity contribution is -0.385. The number of benzene rings is 2. The number of likely N-dealkylation sites (N-methyl/N-ethyl adjacent to an activating group) is 1. The molecule has 2 unspecified atom stereocenters. The summed E-state index contributed by atoms with van der Waals surface area (Å²) in [6.45, 7) is 2.57. The predicted octanol–water partition coefficient (Wildman–Crippen LogP) is 0.585. The first-order valence-corrected chi connectivity index (χ1v) is 8.14. The SMILES string of the molecule is CC(CCc1ccccc1)N(C)CC(O)c1cccc([N+](=O)[O-])c1.[Cl-]. The number of hydrogen-bond donors (Lipinski definition) is 1. The molecule has 0 saturated carbocycles. The van der Waals surface area contributed by atoms with Gasteiger partial charge in [-0.15, -0.1) is 0 Å². The topological polar surface area (TPSA) is 66.6 Å². The first-order valence-electron chi connectivity index (χ1n) is 8.14. The minimum atomic E-state index is -0.742. The van der Waals surface area contributed by atoms with Gasteiger partial charge >= 0.3 is 0 Å². The van der Waals surface area contributed by atoms with E-state index < -0.39 is 11.0 Å². The molecule has 2 atom stereocenters. The van der Waals surface area contributed by atoms with Crippen LogP contribution >= 0.6 is 0 Å². The van der Waals surface area contributed by atoms with E-state index in [0.717, 1.165) is 12.8 Å². The molecule has 0 amide bonds. The minimum Gasteiger partial charge on any atom is -1.00 e. The number of aryl methyl sites for hydroxylation is 1. The fourth-order valence-electron chi connectivity index (χ4n) is 2.64. The molecular formula is C19H24ClN2O3-. The molecule has 2 aromatic carbocycles. The quantitative estimate of drug-likeness (QED) is 0.550. The van der Waals surface area contributed by atoms with E-state index in [1.165, 1.54) is 17.7 Å². The van der Waals surface area contributed by atoms with E-state index in [-0.39, 0.29) is 18.1 Å². The average Bonchev–Trinajstić information content (AvgIpc) is 2.60. The second kappa shape index (κ2) is 10.1. The van der Waals surface area contributed by atoms with Gasteiger partial charge in [-0.2, -0.15) is 0 Å². The lowest BCUT2D eigenvalue weighted by Crippen LogP contribution is -3.00. The number of nitrogens with zero attached hydrogens (tertiary/aromatic N) is 2. The van der Waals surface area contributed by atoms with Gasteiger partial charge in [0.1, 0.15) is 0 Å². The Hall–Kier alpha value is -1.95. The maximum absolute atomic E-state index is 10.8. The van der Waals surface area contributed by atoms with Crippen molar-refractivity contribution in [2.24, 2.45) is 0 Å². The Morgan fingerprint density at radius 3 is 2.48 bits per heavy atom. The summed E-state index contributed by atoms with van der Waals surface area (Å²) >= 11 is 0. The summed E-state index contributed by atoms with van der Waals surface area (Å²) in [7, 11) is 1.97. The Bertz CT molecular complexity index is 667. The van der Waals surface area contributed by atoms with Gasteiger partial charge in [0.25, 0.3) is 5.69 Å². The monoisotopic (exact) mass is 363 g/mol. The van der Waals surface area contributed by atoms with Crippen LogP contribution in [0.1, 0.15) is 30.6 Å². The van der Waals surface area contributed by atoms with Crippen LogP contribution in [0.5, 0.6) is 0 Å². The van der Waals surface area contributed by atoms with Gasteiger partial charge in [0.05, 0.1) is 11.0 Å². The molecule has 0 aliphatic rings. The summed E-state index contributed by atoms with van der Waals surface area (Å²) in [4.78, 5) is 12.5. The van der Waals surface area contributed by atoms with Crippen LogP contribution in [0.4, 0.5) is 5.69 Å². The number of aliphatic hydroxyl groups is 1. The van der Waals surface area contributed by atoms with Crippen molar-refractivity contribution in [2.75, 3.05) is 13.6 Å². The summed E-state index contributed by atoms with van der Waals surface area (Å²) in [5.74, 6) is 0. The van der Waals surface area contributed by atoms with E-state index in [1.54, 1.807) is 12.1 Å². The van der Waals surface area contributed by atoms with Crippen molar-refractivity contribution in [3.05, 3.63) is 75.8 Å². The molecule has 5 nitrogen and oxygen atoms in total. The van der Waals surface area contributed by atoms with Crippen LogP contribution in [0.25, 0.3) is 0 Å². The summed E-state index contributed by atoms with van der Waals surface area (Å²) in [6, 6.07) is 16.8. The molecule has 6 heteroatoms. The molecule has 0 radical (unpaired) electrons. The molecule has 2 rings (SSSR count). The fraction of sp³-hybridized carbons (Fsp3) is 0.368. The molecule has 2 aromatic rings. The lowest BCUT2D eigenvalue weighted by atomic mass is 10.0. The molecule has 0 heterocycles. The van der Waals surface area contributed by atoms with Crippen LogP contribution in [-0.2, 0) is 6.42 Å². The molecule has 0 saturated heterocycles. The van der Waals surface area contributed by atoms with Crippen molar-refractivity contribution >= 4 is 5.69 Å². The smallest absolute Gasteiger partial charge is 0.269 e. The zero-order valence-electron chi connectivity index (χ0n) is 14.5. The lowest BCUT2D eigenvalue weighted by Gasteiger charge is -2.27. The summed E-state index contributed by atoms with van der Waals surface area (Å²) in [6.07, 6.45) is 1.23. The van der Waals surface area contributed by atoms with E-state index in [9.17, 15) is 15.2 Å². The maximum atomic E-state index is 10.8. The Morgan fingerprint density at radius 2 is 1.84 bits per heavy atom. The predicted molar refractivity (Wildman–Crippen MR) is 94.9 cm³/mol. The van der Waals surface area contributed by atoms with Crippen molar-refractivity contribution in [3.8, 4) is 0 Å². The zero-order chi connectivity index (χ0) is 17.5. The summed E-state index contributed by atoms with van der Waals surface area (Å²) < 4.78 is 0. The minimum absolute atomic E-state index is 0. The fourth-order valence-corrected chi connectivity index (χ4v) is 2.64. The van der Waals surface area contributed by atoms with Gasteiger partial charge in [0, 0.05) is 24.7 Å². The van der Waals surface area contributed by atoms with Gasteiger partial charge in [-0.25, -0.2) is 0 Å². The molecule has 0 aliphatic carbocycles. The van der Waals surface area contributed by atoms with E-state index >= 15 is 0 Å². The largest absolute Gasteiger partial charge is 1.00 e. The van der Waals surface area contributed by atoms with Gasteiger partial charge in [-0.05, 0) is 37.9 Å². The Balaban J connectivity index is 0.00000312. The van der Waals surface area contributed by atoms with Crippen LogP contribution in [0, 0.1) is 10.1 Å². The third-order valence-corrected chi connectivity index (χ3v) is 4.37. The van der Waals surface area contributed by atoms with Crippen LogP contribution < -0.4 is 12.4 Å². The Morgan fingerprint density at radius 1 is 1.16 bits per heavy atom. The van der Waals surface area contributed by atoms with Crippen molar-refractivity contribution in [1.82, 2.24) is 4.90 Å². The number of aliphatic hydroxyl groups excluding tert-OH is 1. The second-order valence-corrected chi connectivity index (χ2v) is 6.18. The number of hydrogen-bond acceptors (Lipinski definition) is 4. The van der Waals surface area contributed by atoms with Crippen LogP contribution in [0.15, 0.2) is 54.6 Å². The Labute approximate surface area is 154 Å². The maximum Gasteiger partial charge on any atom is 0.269 e. The highest BCUT2D eigenvalue weighted by atomic mass is 35.5. The van der Waals surface area contributed by atoms with Gasteiger partial charge in [0.15, 0.2) is 0 Å². The molecule has 136 valence electrons. The Kier molecular flexibility index (Phi) is 8.55. The standard InChI is InChI=1S/C19H24N2O3.ClH/c1-15(11-12-16-7-4-3-5-8-16)20(2)14-19(22)17-9-6-10-18(13-17)21(23)24;/h3-10,13,15,19,22H,11-12,14H2,1-2H3;1H/p-1. The van der Waals surface area contributed by atoms with E-state index in [4.69, 9.17) is 0 Å². The number of non-ortho nitro benzene ring substituents is 1. The molecular weight excluding hydrogens is 340 g/mol. The molecule has 0 fully saturated rings. The number of nitro benzene ring substituents is 1. The third kappa shape index (κ3) is 6.46. The molecule has 25 heavy (non-hydrogen) atoms. The second-order valence-electron chi connectivity index (χ2n) is 6.18. The number of halogens is 1. The molecule has 0 aliphatic heterocycles. The van der Waals surface area contributed by atoms with Gasteiger partial charge in [-0.1, -0.05) is 42.5 Å². The highest BCUT2D eigenvalue weighted by Gasteiger charge is 2.17. The van der Waals surface area contributed by atoms with E-state index in [1.807, 2.05) is 25.2 Å². The van der Waals surface area contributed by atoms with Gasteiger partial charge < -0.3 is 22.4 Å². The van der Waals surface area contributed by atoms with Crippen molar-refractivity contribution < 1.29 is 22.4 Å². The van der Waals surface area contributed by atoms with Crippen LogP contribution in [0.3, 0.4) is 0 Å².